The highest BCUT2D eigenvalue weighted by atomic mass is 16.2. The molecule has 2 N–H and O–H groups in total. The van der Waals surface area contributed by atoms with Crippen molar-refractivity contribution in [2.45, 2.75) is 25.8 Å². The number of benzene rings is 2. The third-order valence-corrected chi connectivity index (χ3v) is 4.79. The fraction of sp³-hybridized carbons (Fsp3) is 0.174. The standard InChI is InChI=1S/C23H21N3O3/c1-15-4-2-5-16(14-15)21(27)24-18-9-11-19(12-10-18)26-13-3-6-20(23(26)29)22(28)25-17-7-8-17/h2-6,9-14,17H,7-8H2,1H3,(H,24,27)(H,25,28). The average Bonchev–Trinajstić information content (AvgIpc) is 3.53. The number of carbonyl (C=O) groups excluding carboxylic acids is 2. The molecule has 1 heterocycles. The number of hydrogen-bond donors (Lipinski definition) is 2. The summed E-state index contributed by atoms with van der Waals surface area (Å²) in [7, 11) is 0. The summed E-state index contributed by atoms with van der Waals surface area (Å²) in [5.41, 5.74) is 2.58. The van der Waals surface area contributed by atoms with E-state index in [1.807, 2.05) is 25.1 Å². The Bertz CT molecular complexity index is 1130. The number of rotatable bonds is 5. The molecule has 3 aromatic rings. The predicted molar refractivity (Wildman–Crippen MR) is 112 cm³/mol. The van der Waals surface area contributed by atoms with Gasteiger partial charge < -0.3 is 10.6 Å². The van der Waals surface area contributed by atoms with Crippen LogP contribution in [0.2, 0.25) is 0 Å². The number of hydrogen-bond acceptors (Lipinski definition) is 3. The van der Waals surface area contributed by atoms with Gasteiger partial charge in [-0.05, 0) is 68.3 Å². The minimum atomic E-state index is -0.373. The topological polar surface area (TPSA) is 80.2 Å². The molecule has 6 heteroatoms. The van der Waals surface area contributed by atoms with E-state index in [9.17, 15) is 14.4 Å². The Labute approximate surface area is 168 Å². The zero-order chi connectivity index (χ0) is 20.4. The summed E-state index contributed by atoms with van der Waals surface area (Å²) in [4.78, 5) is 37.4. The number of carbonyl (C=O) groups is 2. The molecule has 0 unspecified atom stereocenters. The highest BCUT2D eigenvalue weighted by Crippen LogP contribution is 2.19. The first kappa shape index (κ1) is 18.7. The number of nitrogens with zero attached hydrogens (tertiary/aromatic N) is 1. The van der Waals surface area contributed by atoms with Crippen LogP contribution < -0.4 is 16.2 Å². The van der Waals surface area contributed by atoms with Crippen LogP contribution in [0.25, 0.3) is 5.69 Å². The van der Waals surface area contributed by atoms with Gasteiger partial charge in [0.2, 0.25) is 0 Å². The van der Waals surface area contributed by atoms with Crippen LogP contribution in [-0.4, -0.2) is 22.4 Å². The van der Waals surface area contributed by atoms with Gasteiger partial charge in [0.25, 0.3) is 17.4 Å². The van der Waals surface area contributed by atoms with Crippen molar-refractivity contribution >= 4 is 17.5 Å². The van der Waals surface area contributed by atoms with Gasteiger partial charge in [0.15, 0.2) is 0 Å². The van der Waals surface area contributed by atoms with Crippen LogP contribution in [0.1, 0.15) is 39.1 Å². The fourth-order valence-corrected chi connectivity index (χ4v) is 3.06. The molecule has 4 rings (SSSR count). The molecule has 146 valence electrons. The van der Waals surface area contributed by atoms with Gasteiger partial charge in [0.1, 0.15) is 5.56 Å². The lowest BCUT2D eigenvalue weighted by Gasteiger charge is -2.10. The molecule has 0 radical (unpaired) electrons. The Morgan fingerprint density at radius 3 is 2.41 bits per heavy atom. The molecular formula is C23H21N3O3. The van der Waals surface area contributed by atoms with Crippen molar-refractivity contribution in [2.75, 3.05) is 5.32 Å². The summed E-state index contributed by atoms with van der Waals surface area (Å²) >= 11 is 0. The van der Waals surface area contributed by atoms with Crippen LogP contribution in [0.3, 0.4) is 0 Å². The van der Waals surface area contributed by atoms with E-state index in [0.717, 1.165) is 18.4 Å². The molecule has 0 saturated heterocycles. The second-order valence-electron chi connectivity index (χ2n) is 7.22. The van der Waals surface area contributed by atoms with Crippen LogP contribution in [0.4, 0.5) is 5.69 Å². The first-order valence-corrected chi connectivity index (χ1v) is 9.52. The van der Waals surface area contributed by atoms with E-state index in [4.69, 9.17) is 0 Å². The number of aromatic nitrogens is 1. The highest BCUT2D eigenvalue weighted by Gasteiger charge is 2.25. The molecule has 6 nitrogen and oxygen atoms in total. The summed E-state index contributed by atoms with van der Waals surface area (Å²) < 4.78 is 1.42. The first-order chi connectivity index (χ1) is 14.0. The van der Waals surface area contributed by atoms with Crippen molar-refractivity contribution in [1.29, 1.82) is 0 Å². The smallest absolute Gasteiger partial charge is 0.267 e. The first-order valence-electron chi connectivity index (χ1n) is 9.52. The van der Waals surface area contributed by atoms with Crippen LogP contribution in [0, 0.1) is 6.92 Å². The molecular weight excluding hydrogens is 366 g/mol. The van der Waals surface area contributed by atoms with Gasteiger partial charge in [-0.25, -0.2) is 0 Å². The molecule has 1 aromatic heterocycles. The van der Waals surface area contributed by atoms with Gasteiger partial charge in [0.05, 0.1) is 0 Å². The fourth-order valence-electron chi connectivity index (χ4n) is 3.06. The third-order valence-electron chi connectivity index (χ3n) is 4.79. The zero-order valence-electron chi connectivity index (χ0n) is 16.0. The molecule has 0 spiro atoms. The normalized spacial score (nSPS) is 13.0. The second-order valence-corrected chi connectivity index (χ2v) is 7.22. The summed E-state index contributed by atoms with van der Waals surface area (Å²) in [6.45, 7) is 1.93. The van der Waals surface area contributed by atoms with Crippen molar-refractivity contribution in [3.63, 3.8) is 0 Å². The van der Waals surface area contributed by atoms with Crippen LogP contribution >= 0.6 is 0 Å². The number of nitrogens with one attached hydrogen (secondary N) is 2. The molecule has 0 atom stereocenters. The van der Waals surface area contributed by atoms with E-state index < -0.39 is 0 Å². The zero-order valence-corrected chi connectivity index (χ0v) is 16.0. The van der Waals surface area contributed by atoms with E-state index in [-0.39, 0.29) is 29.0 Å². The molecule has 1 fully saturated rings. The van der Waals surface area contributed by atoms with Gasteiger partial charge in [-0.1, -0.05) is 17.7 Å². The van der Waals surface area contributed by atoms with E-state index in [1.165, 1.54) is 10.6 Å². The lowest BCUT2D eigenvalue weighted by Crippen LogP contribution is -2.33. The lowest BCUT2D eigenvalue weighted by atomic mass is 10.1. The van der Waals surface area contributed by atoms with Crippen molar-refractivity contribution in [3.05, 3.63) is 93.9 Å². The largest absolute Gasteiger partial charge is 0.349 e. The summed E-state index contributed by atoms with van der Waals surface area (Å²) in [6, 6.07) is 17.7. The maximum Gasteiger partial charge on any atom is 0.267 e. The summed E-state index contributed by atoms with van der Waals surface area (Å²) in [5, 5.41) is 5.69. The Morgan fingerprint density at radius 1 is 0.966 bits per heavy atom. The number of amides is 2. The second kappa shape index (κ2) is 7.75. The van der Waals surface area contributed by atoms with Gasteiger partial charge in [-0.3, -0.25) is 19.0 Å². The average molecular weight is 387 g/mol. The summed E-state index contributed by atoms with van der Waals surface area (Å²) in [6.07, 6.45) is 3.54. The Balaban J connectivity index is 1.52. The molecule has 2 amide bonds. The molecule has 1 aliphatic carbocycles. The number of aryl methyl sites for hydroxylation is 1. The van der Waals surface area contributed by atoms with Crippen molar-refractivity contribution in [3.8, 4) is 5.69 Å². The molecule has 0 aliphatic heterocycles. The molecule has 1 aliphatic rings. The Hall–Kier alpha value is -3.67. The number of anilines is 1. The van der Waals surface area contributed by atoms with Crippen molar-refractivity contribution < 1.29 is 9.59 Å². The summed E-state index contributed by atoms with van der Waals surface area (Å²) in [5.74, 6) is -0.536. The maximum atomic E-state index is 12.7. The quantitative estimate of drug-likeness (QED) is 0.705. The Kier molecular flexibility index (Phi) is 4.99. The lowest BCUT2D eigenvalue weighted by molar-refractivity contribution is 0.0948. The van der Waals surface area contributed by atoms with E-state index in [2.05, 4.69) is 10.6 Å². The van der Waals surface area contributed by atoms with Crippen LogP contribution in [-0.2, 0) is 0 Å². The maximum absolute atomic E-state index is 12.7. The molecule has 1 saturated carbocycles. The van der Waals surface area contributed by atoms with Crippen molar-refractivity contribution in [2.24, 2.45) is 0 Å². The van der Waals surface area contributed by atoms with E-state index >= 15 is 0 Å². The molecule has 2 aromatic carbocycles. The monoisotopic (exact) mass is 387 g/mol. The minimum absolute atomic E-state index is 0.122. The molecule has 29 heavy (non-hydrogen) atoms. The minimum Gasteiger partial charge on any atom is -0.349 e. The van der Waals surface area contributed by atoms with Gasteiger partial charge >= 0.3 is 0 Å². The van der Waals surface area contributed by atoms with E-state index in [0.29, 0.717) is 16.9 Å². The van der Waals surface area contributed by atoms with Crippen molar-refractivity contribution in [1.82, 2.24) is 9.88 Å². The van der Waals surface area contributed by atoms with Gasteiger partial charge in [-0.2, -0.15) is 0 Å². The predicted octanol–water partition coefficient (Wildman–Crippen LogP) is 3.29. The van der Waals surface area contributed by atoms with Crippen LogP contribution in [0.5, 0.6) is 0 Å². The van der Waals surface area contributed by atoms with E-state index in [1.54, 1.807) is 42.6 Å². The highest BCUT2D eigenvalue weighted by molar-refractivity contribution is 6.04. The SMILES string of the molecule is Cc1cccc(C(=O)Nc2ccc(-n3cccc(C(=O)NC4CC4)c3=O)cc2)c1. The van der Waals surface area contributed by atoms with Gasteiger partial charge in [-0.15, -0.1) is 0 Å². The third kappa shape index (κ3) is 4.27. The molecule has 0 bridgehead atoms. The van der Waals surface area contributed by atoms with Crippen LogP contribution in [0.15, 0.2) is 71.7 Å². The van der Waals surface area contributed by atoms with Gasteiger partial charge in [0, 0.05) is 29.2 Å². The Morgan fingerprint density at radius 2 is 1.72 bits per heavy atom. The number of pyridine rings is 1.